The predicted molar refractivity (Wildman–Crippen MR) is 73.3 cm³/mol. The van der Waals surface area contributed by atoms with Crippen LogP contribution >= 0.6 is 0 Å². The second-order valence-electron chi connectivity index (χ2n) is 5.11. The first-order chi connectivity index (χ1) is 8.70. The number of rotatable bonds is 4. The van der Waals surface area contributed by atoms with E-state index in [0.717, 1.165) is 25.8 Å². The number of nitrogens with two attached hydrogens (primary N) is 1. The summed E-state index contributed by atoms with van der Waals surface area (Å²) in [6, 6.07) is 8.64. The SMILES string of the molecule is Cc1cccc(CCC(=O)N2CCCC2CN)c1. The fourth-order valence-corrected chi connectivity index (χ4v) is 2.67. The van der Waals surface area contributed by atoms with E-state index in [1.165, 1.54) is 11.1 Å². The lowest BCUT2D eigenvalue weighted by atomic mass is 10.1. The van der Waals surface area contributed by atoms with Crippen LogP contribution in [0.4, 0.5) is 0 Å². The molecule has 0 aromatic heterocycles. The molecule has 1 atom stereocenters. The molecule has 0 aliphatic carbocycles. The van der Waals surface area contributed by atoms with E-state index in [9.17, 15) is 4.79 Å². The molecule has 1 heterocycles. The zero-order valence-electron chi connectivity index (χ0n) is 11.1. The third kappa shape index (κ3) is 3.10. The van der Waals surface area contributed by atoms with Gasteiger partial charge in [-0.2, -0.15) is 0 Å². The number of amides is 1. The van der Waals surface area contributed by atoms with E-state index < -0.39 is 0 Å². The number of hydrogen-bond acceptors (Lipinski definition) is 2. The van der Waals surface area contributed by atoms with Gasteiger partial charge in [0, 0.05) is 25.6 Å². The highest BCUT2D eigenvalue weighted by atomic mass is 16.2. The first kappa shape index (κ1) is 13.1. The molecule has 0 saturated carbocycles. The van der Waals surface area contributed by atoms with Crippen LogP contribution in [0.5, 0.6) is 0 Å². The molecule has 2 N–H and O–H groups in total. The van der Waals surface area contributed by atoms with Crippen LogP contribution in [0.25, 0.3) is 0 Å². The third-order valence-electron chi connectivity index (χ3n) is 3.68. The van der Waals surface area contributed by atoms with Crippen molar-refractivity contribution in [2.75, 3.05) is 13.1 Å². The maximum atomic E-state index is 12.1. The smallest absolute Gasteiger partial charge is 0.223 e. The van der Waals surface area contributed by atoms with Crippen molar-refractivity contribution in [1.29, 1.82) is 0 Å². The summed E-state index contributed by atoms with van der Waals surface area (Å²) in [5.74, 6) is 0.254. The summed E-state index contributed by atoms with van der Waals surface area (Å²) in [6.07, 6.45) is 3.58. The molecule has 0 spiro atoms. The standard InChI is InChI=1S/C15H22N2O/c1-12-4-2-5-13(10-12)7-8-15(18)17-9-3-6-14(17)11-16/h2,4-5,10,14H,3,6-9,11,16H2,1H3. The van der Waals surface area contributed by atoms with Gasteiger partial charge in [0.25, 0.3) is 0 Å². The van der Waals surface area contributed by atoms with Crippen molar-refractivity contribution in [1.82, 2.24) is 4.90 Å². The Morgan fingerprint density at radius 2 is 2.33 bits per heavy atom. The molecule has 1 aromatic rings. The number of likely N-dealkylation sites (tertiary alicyclic amines) is 1. The zero-order chi connectivity index (χ0) is 13.0. The van der Waals surface area contributed by atoms with Crippen molar-refractivity contribution < 1.29 is 4.79 Å². The lowest BCUT2D eigenvalue weighted by molar-refractivity contribution is -0.131. The molecule has 3 nitrogen and oxygen atoms in total. The second kappa shape index (κ2) is 6.01. The maximum absolute atomic E-state index is 12.1. The van der Waals surface area contributed by atoms with Crippen molar-refractivity contribution in [3.8, 4) is 0 Å². The Hall–Kier alpha value is -1.35. The molecule has 1 fully saturated rings. The average Bonchev–Trinajstić information content (AvgIpc) is 2.84. The molecule has 98 valence electrons. The number of aryl methyl sites for hydroxylation is 2. The molecule has 2 rings (SSSR count). The molecule has 0 radical (unpaired) electrons. The van der Waals surface area contributed by atoms with Gasteiger partial charge in [-0.15, -0.1) is 0 Å². The Kier molecular flexibility index (Phi) is 4.37. The minimum Gasteiger partial charge on any atom is -0.338 e. The average molecular weight is 246 g/mol. The molecule has 18 heavy (non-hydrogen) atoms. The fraction of sp³-hybridized carbons (Fsp3) is 0.533. The lowest BCUT2D eigenvalue weighted by Crippen LogP contribution is -2.39. The largest absolute Gasteiger partial charge is 0.338 e. The molecule has 1 aromatic carbocycles. The van der Waals surface area contributed by atoms with Crippen LogP contribution in [-0.4, -0.2) is 29.9 Å². The van der Waals surface area contributed by atoms with Crippen LogP contribution in [0.15, 0.2) is 24.3 Å². The van der Waals surface area contributed by atoms with E-state index in [4.69, 9.17) is 5.73 Å². The summed E-state index contributed by atoms with van der Waals surface area (Å²) in [5, 5.41) is 0. The summed E-state index contributed by atoms with van der Waals surface area (Å²) in [4.78, 5) is 14.1. The van der Waals surface area contributed by atoms with Gasteiger partial charge in [-0.05, 0) is 31.7 Å². The molecule has 1 amide bonds. The van der Waals surface area contributed by atoms with Gasteiger partial charge < -0.3 is 10.6 Å². The number of carbonyl (C=O) groups is 1. The van der Waals surface area contributed by atoms with E-state index in [1.807, 2.05) is 11.0 Å². The van der Waals surface area contributed by atoms with E-state index >= 15 is 0 Å². The Bertz CT molecular complexity index is 417. The van der Waals surface area contributed by atoms with Crippen LogP contribution in [0.2, 0.25) is 0 Å². The van der Waals surface area contributed by atoms with Crippen molar-refractivity contribution in [2.45, 2.75) is 38.6 Å². The van der Waals surface area contributed by atoms with Crippen LogP contribution in [0.3, 0.4) is 0 Å². The molecule has 1 aliphatic heterocycles. The second-order valence-corrected chi connectivity index (χ2v) is 5.11. The van der Waals surface area contributed by atoms with Crippen molar-refractivity contribution in [2.24, 2.45) is 5.73 Å². The van der Waals surface area contributed by atoms with E-state index in [0.29, 0.717) is 13.0 Å². The number of hydrogen-bond donors (Lipinski definition) is 1. The quantitative estimate of drug-likeness (QED) is 0.881. The summed E-state index contributed by atoms with van der Waals surface area (Å²) in [6.45, 7) is 3.56. The van der Waals surface area contributed by atoms with Gasteiger partial charge in [-0.3, -0.25) is 4.79 Å². The van der Waals surface area contributed by atoms with Gasteiger partial charge >= 0.3 is 0 Å². The van der Waals surface area contributed by atoms with E-state index in [-0.39, 0.29) is 11.9 Å². The van der Waals surface area contributed by atoms with Gasteiger partial charge in [0.05, 0.1) is 0 Å². The molecular formula is C15H22N2O. The Balaban J connectivity index is 1.88. The molecule has 3 heteroatoms. The van der Waals surface area contributed by atoms with Crippen molar-refractivity contribution in [3.63, 3.8) is 0 Å². The first-order valence-electron chi connectivity index (χ1n) is 6.76. The van der Waals surface area contributed by atoms with Gasteiger partial charge in [0.2, 0.25) is 5.91 Å². The van der Waals surface area contributed by atoms with Gasteiger partial charge in [0.15, 0.2) is 0 Å². The van der Waals surface area contributed by atoms with Gasteiger partial charge in [-0.1, -0.05) is 29.8 Å². The highest BCUT2D eigenvalue weighted by molar-refractivity contribution is 5.77. The number of carbonyl (C=O) groups excluding carboxylic acids is 1. The molecular weight excluding hydrogens is 224 g/mol. The number of benzene rings is 1. The number of nitrogens with zero attached hydrogens (tertiary/aromatic N) is 1. The summed E-state index contributed by atoms with van der Waals surface area (Å²) >= 11 is 0. The molecule has 1 unspecified atom stereocenters. The highest BCUT2D eigenvalue weighted by Gasteiger charge is 2.26. The Morgan fingerprint density at radius 1 is 1.50 bits per heavy atom. The predicted octanol–water partition coefficient (Wildman–Crippen LogP) is 1.88. The van der Waals surface area contributed by atoms with E-state index in [1.54, 1.807) is 0 Å². The van der Waals surface area contributed by atoms with E-state index in [2.05, 4.69) is 25.1 Å². The molecule has 0 bridgehead atoms. The molecule has 1 aliphatic rings. The third-order valence-corrected chi connectivity index (χ3v) is 3.68. The summed E-state index contributed by atoms with van der Waals surface area (Å²) in [5.41, 5.74) is 8.19. The van der Waals surface area contributed by atoms with Gasteiger partial charge in [0.1, 0.15) is 0 Å². The first-order valence-corrected chi connectivity index (χ1v) is 6.76. The van der Waals surface area contributed by atoms with Crippen LogP contribution in [0.1, 0.15) is 30.4 Å². The van der Waals surface area contributed by atoms with Crippen LogP contribution < -0.4 is 5.73 Å². The molecule has 1 saturated heterocycles. The fourth-order valence-electron chi connectivity index (χ4n) is 2.67. The van der Waals surface area contributed by atoms with Crippen molar-refractivity contribution in [3.05, 3.63) is 35.4 Å². The summed E-state index contributed by atoms with van der Waals surface area (Å²) < 4.78 is 0. The van der Waals surface area contributed by atoms with Crippen molar-refractivity contribution >= 4 is 5.91 Å². The Morgan fingerprint density at radius 3 is 3.06 bits per heavy atom. The van der Waals surface area contributed by atoms with Crippen LogP contribution in [-0.2, 0) is 11.2 Å². The minimum absolute atomic E-state index is 0.254. The van der Waals surface area contributed by atoms with Gasteiger partial charge in [-0.25, -0.2) is 0 Å². The highest BCUT2D eigenvalue weighted by Crippen LogP contribution is 2.18. The van der Waals surface area contributed by atoms with Crippen LogP contribution in [0, 0.1) is 6.92 Å². The Labute approximate surface area is 109 Å². The maximum Gasteiger partial charge on any atom is 0.223 e. The minimum atomic E-state index is 0.254. The summed E-state index contributed by atoms with van der Waals surface area (Å²) in [7, 11) is 0. The normalized spacial score (nSPS) is 19.2. The zero-order valence-corrected chi connectivity index (χ0v) is 11.1. The monoisotopic (exact) mass is 246 g/mol. The lowest BCUT2D eigenvalue weighted by Gasteiger charge is -2.23. The topological polar surface area (TPSA) is 46.3 Å².